The van der Waals surface area contributed by atoms with Gasteiger partial charge < -0.3 is 4.90 Å². The zero-order valence-corrected chi connectivity index (χ0v) is 14.4. The molecule has 1 aliphatic carbocycles. The summed E-state index contributed by atoms with van der Waals surface area (Å²) in [5.74, 6) is 1.85. The van der Waals surface area contributed by atoms with Crippen molar-refractivity contribution in [1.29, 1.82) is 0 Å². The minimum Gasteiger partial charge on any atom is -0.314 e. The lowest BCUT2D eigenvalue weighted by atomic mass is 9.78. The monoisotopic (exact) mass is 335 g/mol. The highest BCUT2D eigenvalue weighted by Gasteiger charge is 2.36. The van der Waals surface area contributed by atoms with Crippen LogP contribution in [0.3, 0.4) is 0 Å². The van der Waals surface area contributed by atoms with Crippen LogP contribution in [0, 0.1) is 10.7 Å². The molecule has 2 N–H and O–H groups in total. The number of H-pyrrole nitrogens is 1. The van der Waals surface area contributed by atoms with E-state index in [1.165, 1.54) is 45.1 Å². The Morgan fingerprint density at radius 1 is 1.32 bits per heavy atom. The summed E-state index contributed by atoms with van der Waals surface area (Å²) in [4.78, 5) is 7.41. The Morgan fingerprint density at radius 3 is 3.05 bits per heavy atom. The van der Waals surface area contributed by atoms with Crippen LogP contribution in [-0.4, -0.2) is 27.4 Å². The Balaban J connectivity index is 1.54. The summed E-state index contributed by atoms with van der Waals surface area (Å²) in [6.45, 7) is 2.22. The molecule has 1 aliphatic heterocycles. The van der Waals surface area contributed by atoms with Crippen molar-refractivity contribution >= 4 is 23.6 Å². The SMILES string of the molecule is S=c1nc(-c2cccs2)[nH]n1C[NH+]1CCC[C@H]2CCCC[C@@H]21. The van der Waals surface area contributed by atoms with E-state index in [-0.39, 0.29) is 0 Å². The standard InChI is InChI=1S/C16H22N4S2/c21-16-17-15(14-8-4-10-22-14)18-20(16)11-19-9-3-6-12-5-1-2-7-13(12)19/h4,8,10,12-13H,1-3,5-7,9,11H2,(H,17,18,21)/p+1/t12-,13+/m1/s1. The van der Waals surface area contributed by atoms with Gasteiger partial charge in [-0.3, -0.25) is 5.10 Å². The van der Waals surface area contributed by atoms with Crippen molar-refractivity contribution in [3.63, 3.8) is 0 Å². The van der Waals surface area contributed by atoms with Crippen LogP contribution in [-0.2, 0) is 6.67 Å². The molecule has 22 heavy (non-hydrogen) atoms. The molecule has 0 radical (unpaired) electrons. The summed E-state index contributed by atoms with van der Waals surface area (Å²) < 4.78 is 2.77. The van der Waals surface area contributed by atoms with Gasteiger partial charge in [0.25, 0.3) is 0 Å². The fourth-order valence-electron chi connectivity index (χ4n) is 4.25. The lowest BCUT2D eigenvalue weighted by Gasteiger charge is -2.41. The first-order chi connectivity index (χ1) is 10.8. The minimum atomic E-state index is 0.689. The first kappa shape index (κ1) is 14.6. The summed E-state index contributed by atoms with van der Waals surface area (Å²) >= 11 is 7.18. The van der Waals surface area contributed by atoms with Gasteiger partial charge >= 0.3 is 0 Å². The fraction of sp³-hybridized carbons (Fsp3) is 0.625. The summed E-state index contributed by atoms with van der Waals surface area (Å²) in [5.41, 5.74) is 0. The van der Waals surface area contributed by atoms with Crippen molar-refractivity contribution in [3.8, 4) is 10.7 Å². The molecule has 6 heteroatoms. The van der Waals surface area contributed by atoms with Crippen LogP contribution in [0.25, 0.3) is 10.7 Å². The van der Waals surface area contributed by atoms with E-state index in [0.29, 0.717) is 4.77 Å². The van der Waals surface area contributed by atoms with Gasteiger partial charge in [-0.1, -0.05) is 12.5 Å². The first-order valence-corrected chi connectivity index (χ1v) is 9.65. The molecule has 0 aromatic carbocycles. The molecule has 2 aliphatic rings. The third-order valence-corrected chi connectivity index (χ3v) is 6.49. The van der Waals surface area contributed by atoms with Gasteiger partial charge in [-0.05, 0) is 55.8 Å². The van der Waals surface area contributed by atoms with Crippen LogP contribution >= 0.6 is 23.6 Å². The number of quaternary nitrogens is 1. The number of aromatic nitrogens is 3. The molecular weight excluding hydrogens is 312 g/mol. The molecule has 2 fully saturated rings. The number of thiophene rings is 1. The van der Waals surface area contributed by atoms with E-state index >= 15 is 0 Å². The van der Waals surface area contributed by atoms with E-state index in [2.05, 4.69) is 32.3 Å². The lowest BCUT2D eigenvalue weighted by molar-refractivity contribution is -0.958. The third-order valence-electron chi connectivity index (χ3n) is 5.30. The fourth-order valence-corrected chi connectivity index (χ4v) is 5.12. The highest BCUT2D eigenvalue weighted by atomic mass is 32.1. The van der Waals surface area contributed by atoms with Crippen molar-refractivity contribution in [1.82, 2.24) is 14.8 Å². The van der Waals surface area contributed by atoms with Gasteiger partial charge in [0.15, 0.2) is 12.5 Å². The lowest BCUT2D eigenvalue weighted by Crippen LogP contribution is -3.17. The molecule has 2 aromatic rings. The van der Waals surface area contributed by atoms with Gasteiger partial charge in [-0.25, -0.2) is 4.68 Å². The largest absolute Gasteiger partial charge is 0.314 e. The van der Waals surface area contributed by atoms with Crippen molar-refractivity contribution < 1.29 is 4.90 Å². The Morgan fingerprint density at radius 2 is 2.18 bits per heavy atom. The molecular formula is C16H23N4S2+. The van der Waals surface area contributed by atoms with Gasteiger partial charge in [0.05, 0.1) is 17.5 Å². The minimum absolute atomic E-state index is 0.689. The molecule has 1 saturated carbocycles. The average molecular weight is 336 g/mol. The number of hydrogen-bond acceptors (Lipinski definition) is 3. The highest BCUT2D eigenvalue weighted by molar-refractivity contribution is 7.71. The van der Waals surface area contributed by atoms with E-state index in [1.807, 2.05) is 0 Å². The topological polar surface area (TPSA) is 38.0 Å². The van der Waals surface area contributed by atoms with Gasteiger partial charge in [0.2, 0.25) is 4.77 Å². The predicted octanol–water partition coefficient (Wildman–Crippen LogP) is 2.86. The second-order valence-corrected chi connectivity index (χ2v) is 7.93. The Labute approximate surface area is 140 Å². The normalized spacial score (nSPS) is 28.5. The van der Waals surface area contributed by atoms with E-state index in [9.17, 15) is 0 Å². The number of hydrogen-bond donors (Lipinski definition) is 2. The molecule has 2 aromatic heterocycles. The number of aromatic amines is 1. The maximum atomic E-state index is 5.47. The van der Waals surface area contributed by atoms with Crippen LogP contribution in [0.1, 0.15) is 38.5 Å². The summed E-state index contributed by atoms with van der Waals surface area (Å²) in [6.07, 6.45) is 8.45. The number of rotatable bonds is 3. The maximum Gasteiger partial charge on any atom is 0.221 e. The quantitative estimate of drug-likeness (QED) is 0.847. The highest BCUT2D eigenvalue weighted by Crippen LogP contribution is 2.28. The van der Waals surface area contributed by atoms with Crippen molar-refractivity contribution in [2.45, 2.75) is 51.2 Å². The van der Waals surface area contributed by atoms with Crippen molar-refractivity contribution in [2.24, 2.45) is 5.92 Å². The Bertz CT molecular complexity index is 671. The summed E-state index contributed by atoms with van der Waals surface area (Å²) in [5, 5.41) is 5.49. The number of likely N-dealkylation sites (tertiary alicyclic amines) is 1. The number of nitrogens with one attached hydrogen (secondary N) is 2. The third kappa shape index (κ3) is 2.79. The van der Waals surface area contributed by atoms with Crippen LogP contribution in [0.15, 0.2) is 17.5 Å². The van der Waals surface area contributed by atoms with Crippen molar-refractivity contribution in [3.05, 3.63) is 22.3 Å². The van der Waals surface area contributed by atoms with Crippen LogP contribution in [0.5, 0.6) is 0 Å². The molecule has 0 amide bonds. The zero-order chi connectivity index (χ0) is 14.9. The van der Waals surface area contributed by atoms with E-state index in [0.717, 1.165) is 29.3 Å². The second-order valence-electron chi connectivity index (χ2n) is 6.62. The zero-order valence-electron chi connectivity index (χ0n) is 12.8. The number of fused-ring (bicyclic) bond motifs is 1. The Kier molecular flexibility index (Phi) is 4.15. The summed E-state index contributed by atoms with van der Waals surface area (Å²) in [7, 11) is 0. The average Bonchev–Trinajstić information content (AvgIpc) is 3.18. The maximum absolute atomic E-state index is 5.47. The smallest absolute Gasteiger partial charge is 0.221 e. The predicted molar refractivity (Wildman–Crippen MR) is 91.5 cm³/mol. The van der Waals surface area contributed by atoms with E-state index in [4.69, 9.17) is 12.2 Å². The molecule has 3 heterocycles. The molecule has 0 spiro atoms. The van der Waals surface area contributed by atoms with Crippen molar-refractivity contribution in [2.75, 3.05) is 6.54 Å². The van der Waals surface area contributed by atoms with Gasteiger partial charge in [0.1, 0.15) is 0 Å². The Hall–Kier alpha value is -0.980. The van der Waals surface area contributed by atoms with Crippen LogP contribution < -0.4 is 4.90 Å². The molecule has 0 bridgehead atoms. The number of nitrogens with zero attached hydrogens (tertiary/aromatic N) is 2. The summed E-state index contributed by atoms with van der Waals surface area (Å²) in [6, 6.07) is 4.98. The van der Waals surface area contributed by atoms with Crippen LogP contribution in [0.2, 0.25) is 0 Å². The molecule has 4 rings (SSSR count). The number of piperidine rings is 1. The van der Waals surface area contributed by atoms with Gasteiger partial charge in [-0.2, -0.15) is 4.98 Å². The van der Waals surface area contributed by atoms with E-state index in [1.54, 1.807) is 16.2 Å². The van der Waals surface area contributed by atoms with Gasteiger partial charge in [-0.15, -0.1) is 11.3 Å². The van der Waals surface area contributed by atoms with E-state index < -0.39 is 0 Å². The second kappa shape index (κ2) is 6.26. The van der Waals surface area contributed by atoms with Crippen LogP contribution in [0.4, 0.5) is 0 Å². The molecule has 1 saturated heterocycles. The van der Waals surface area contributed by atoms with Gasteiger partial charge in [0, 0.05) is 5.92 Å². The molecule has 1 unspecified atom stereocenters. The molecule has 118 valence electrons. The first-order valence-electron chi connectivity index (χ1n) is 8.36. The molecule has 4 nitrogen and oxygen atoms in total. The molecule has 3 atom stereocenters.